The normalized spacial score (nSPS) is 25.7. The van der Waals surface area contributed by atoms with Gasteiger partial charge in [0.05, 0.1) is 35.4 Å². The van der Waals surface area contributed by atoms with Gasteiger partial charge in [-0.2, -0.15) is 0 Å². The molecular weight excluding hydrogens is 376 g/mol. The van der Waals surface area contributed by atoms with Crippen LogP contribution in [0.25, 0.3) is 0 Å². The quantitative estimate of drug-likeness (QED) is 0.719. The van der Waals surface area contributed by atoms with Crippen molar-refractivity contribution < 1.29 is 9.90 Å². The second kappa shape index (κ2) is 6.91. The van der Waals surface area contributed by atoms with Crippen molar-refractivity contribution in [2.75, 3.05) is 42.8 Å². The maximum Gasteiger partial charge on any atom is 0.254 e. The summed E-state index contributed by atoms with van der Waals surface area (Å²) in [6.07, 6.45) is 13.0. The fourth-order valence-electron chi connectivity index (χ4n) is 5.26. The fourth-order valence-corrected chi connectivity index (χ4v) is 5.26. The van der Waals surface area contributed by atoms with E-state index in [4.69, 9.17) is 0 Å². The Morgan fingerprint density at radius 3 is 2.97 bits per heavy atom. The molecule has 0 fully saturated rings. The third-order valence-electron chi connectivity index (χ3n) is 7.08. The molecule has 3 N–H and O–H groups in total. The summed E-state index contributed by atoms with van der Waals surface area (Å²) >= 11 is 0. The highest BCUT2D eigenvalue weighted by atomic mass is 16.3. The Bertz CT molecular complexity index is 1010. The van der Waals surface area contributed by atoms with Gasteiger partial charge in [0, 0.05) is 26.2 Å². The lowest BCUT2D eigenvalue weighted by Gasteiger charge is -2.38. The standard InChI is InChI=1S/C24H30N4O2/c1-15-25-22-20(28(15)3)12-19(23(30)27(2)10-11-29)18-8-9-24(26-21(18)22)13-16-6-4-5-7-17(16)14-24/h4-6,12,14-15,25-26,29H,7-11,13H2,1-3H3. The molecule has 158 valence electrons. The van der Waals surface area contributed by atoms with Gasteiger partial charge in [0.2, 0.25) is 0 Å². The minimum Gasteiger partial charge on any atom is -0.395 e. The Balaban J connectivity index is 1.59. The number of carbonyl (C=O) groups excluding carboxylic acids is 1. The number of hydrogen-bond acceptors (Lipinski definition) is 5. The molecule has 0 aromatic heterocycles. The number of nitrogens with one attached hydrogen (secondary N) is 2. The molecule has 1 amide bonds. The molecule has 6 nitrogen and oxygen atoms in total. The van der Waals surface area contributed by atoms with E-state index in [1.165, 1.54) is 11.1 Å². The molecular formula is C24H30N4O2. The first-order valence-electron chi connectivity index (χ1n) is 10.8. The lowest BCUT2D eigenvalue weighted by Crippen LogP contribution is -2.39. The minimum absolute atomic E-state index is 0.0286. The smallest absolute Gasteiger partial charge is 0.254 e. The van der Waals surface area contributed by atoms with Crippen molar-refractivity contribution in [3.05, 3.63) is 52.6 Å². The first kappa shape index (κ1) is 19.2. The number of amides is 1. The van der Waals surface area contributed by atoms with Crippen molar-refractivity contribution in [1.29, 1.82) is 0 Å². The van der Waals surface area contributed by atoms with E-state index in [0.717, 1.165) is 53.9 Å². The summed E-state index contributed by atoms with van der Waals surface area (Å²) in [4.78, 5) is 17.0. The van der Waals surface area contributed by atoms with Crippen LogP contribution in [0.15, 0.2) is 41.5 Å². The maximum atomic E-state index is 13.2. The lowest BCUT2D eigenvalue weighted by molar-refractivity contribution is 0.0765. The van der Waals surface area contributed by atoms with Gasteiger partial charge in [-0.25, -0.2) is 0 Å². The van der Waals surface area contributed by atoms with Crippen LogP contribution < -0.4 is 15.5 Å². The van der Waals surface area contributed by atoms with E-state index in [0.29, 0.717) is 6.54 Å². The first-order valence-corrected chi connectivity index (χ1v) is 10.8. The third kappa shape index (κ3) is 2.85. The molecule has 0 radical (unpaired) electrons. The number of anilines is 3. The second-order valence-electron chi connectivity index (χ2n) is 9.01. The molecule has 2 unspecified atom stereocenters. The summed E-state index contributed by atoms with van der Waals surface area (Å²) in [7, 11) is 3.81. The van der Waals surface area contributed by atoms with Crippen LogP contribution in [0.1, 0.15) is 42.1 Å². The highest BCUT2D eigenvalue weighted by Crippen LogP contribution is 2.51. The molecule has 2 heterocycles. The Hall–Kier alpha value is -2.73. The number of hydrogen-bond donors (Lipinski definition) is 3. The fraction of sp³-hybridized carbons (Fsp3) is 0.458. The van der Waals surface area contributed by atoms with Gasteiger partial charge in [-0.15, -0.1) is 0 Å². The molecule has 6 heteroatoms. The molecule has 0 saturated carbocycles. The monoisotopic (exact) mass is 406 g/mol. The molecule has 1 spiro atoms. The molecule has 0 bridgehead atoms. The van der Waals surface area contributed by atoms with Gasteiger partial charge in [0.15, 0.2) is 0 Å². The predicted octanol–water partition coefficient (Wildman–Crippen LogP) is 3.27. The predicted molar refractivity (Wildman–Crippen MR) is 121 cm³/mol. The number of nitrogens with zero attached hydrogens (tertiary/aromatic N) is 2. The van der Waals surface area contributed by atoms with E-state index in [1.54, 1.807) is 11.9 Å². The van der Waals surface area contributed by atoms with Crippen LogP contribution in [-0.2, 0) is 6.42 Å². The van der Waals surface area contributed by atoms with Crippen LogP contribution in [0.3, 0.4) is 0 Å². The number of fused-ring (bicyclic) bond motifs is 4. The van der Waals surface area contributed by atoms with Crippen molar-refractivity contribution in [2.24, 2.45) is 0 Å². The SMILES string of the molecule is CC1Nc2c(cc(C(=O)N(C)CCO)c3c2NC2(C=C4CC=CC=C4C2)CC3)N1C. The van der Waals surface area contributed by atoms with E-state index in [9.17, 15) is 9.90 Å². The van der Waals surface area contributed by atoms with Gasteiger partial charge in [0.1, 0.15) is 0 Å². The number of likely N-dealkylation sites (N-methyl/N-ethyl adjacent to an activating group) is 1. The van der Waals surface area contributed by atoms with Gasteiger partial charge in [-0.3, -0.25) is 4.79 Å². The van der Waals surface area contributed by atoms with Crippen LogP contribution in [0.2, 0.25) is 0 Å². The number of allylic oxidation sites excluding steroid dienone is 4. The Kier molecular flexibility index (Phi) is 4.43. The molecule has 2 aliphatic heterocycles. The zero-order valence-corrected chi connectivity index (χ0v) is 18.0. The number of aliphatic hydroxyl groups is 1. The number of aliphatic hydroxyl groups excluding tert-OH is 1. The number of rotatable bonds is 3. The molecule has 30 heavy (non-hydrogen) atoms. The first-order chi connectivity index (χ1) is 14.4. The molecule has 5 rings (SSSR count). The average Bonchev–Trinajstić information content (AvgIpc) is 3.24. The average molecular weight is 407 g/mol. The number of carbonyl (C=O) groups is 1. The number of benzene rings is 1. The molecule has 4 aliphatic rings. The van der Waals surface area contributed by atoms with Gasteiger partial charge in [-0.1, -0.05) is 24.3 Å². The van der Waals surface area contributed by atoms with Crippen LogP contribution in [0.5, 0.6) is 0 Å². The van der Waals surface area contributed by atoms with Gasteiger partial charge in [-0.05, 0) is 55.4 Å². The molecule has 0 saturated heterocycles. The summed E-state index contributed by atoms with van der Waals surface area (Å²) in [5, 5.41) is 16.8. The molecule has 2 atom stereocenters. The Morgan fingerprint density at radius 2 is 2.20 bits per heavy atom. The van der Waals surface area contributed by atoms with Crippen LogP contribution in [0.4, 0.5) is 17.1 Å². The lowest BCUT2D eigenvalue weighted by atomic mass is 9.82. The summed E-state index contributed by atoms with van der Waals surface area (Å²) < 4.78 is 0. The van der Waals surface area contributed by atoms with Crippen LogP contribution in [-0.4, -0.2) is 54.9 Å². The van der Waals surface area contributed by atoms with Crippen molar-refractivity contribution in [3.8, 4) is 0 Å². The van der Waals surface area contributed by atoms with Crippen molar-refractivity contribution >= 4 is 23.0 Å². The van der Waals surface area contributed by atoms with Gasteiger partial charge >= 0.3 is 0 Å². The Labute approximate surface area is 177 Å². The van der Waals surface area contributed by atoms with Crippen LogP contribution in [0, 0.1) is 0 Å². The summed E-state index contributed by atoms with van der Waals surface area (Å²) in [6, 6.07) is 2.03. The molecule has 1 aromatic carbocycles. The van der Waals surface area contributed by atoms with Crippen molar-refractivity contribution in [1.82, 2.24) is 4.90 Å². The van der Waals surface area contributed by atoms with E-state index >= 15 is 0 Å². The largest absolute Gasteiger partial charge is 0.395 e. The Morgan fingerprint density at radius 1 is 1.37 bits per heavy atom. The van der Waals surface area contributed by atoms with E-state index < -0.39 is 0 Å². The minimum atomic E-state index is -0.0846. The molecule has 2 aliphatic carbocycles. The van der Waals surface area contributed by atoms with Crippen molar-refractivity contribution in [3.63, 3.8) is 0 Å². The summed E-state index contributed by atoms with van der Waals surface area (Å²) in [5.41, 5.74) is 7.82. The second-order valence-corrected chi connectivity index (χ2v) is 9.01. The van der Waals surface area contributed by atoms with Gasteiger partial charge < -0.3 is 25.5 Å². The van der Waals surface area contributed by atoms with E-state index in [1.807, 2.05) is 6.07 Å². The topological polar surface area (TPSA) is 67.8 Å². The maximum absolute atomic E-state index is 13.2. The summed E-state index contributed by atoms with van der Waals surface area (Å²) in [6.45, 7) is 2.43. The van der Waals surface area contributed by atoms with Crippen molar-refractivity contribution in [2.45, 2.75) is 44.3 Å². The molecule has 1 aromatic rings. The summed E-state index contributed by atoms with van der Waals surface area (Å²) in [5.74, 6) is -0.0286. The van der Waals surface area contributed by atoms with E-state index in [2.05, 4.69) is 53.8 Å². The highest BCUT2D eigenvalue weighted by Gasteiger charge is 2.42. The van der Waals surface area contributed by atoms with E-state index in [-0.39, 0.29) is 24.2 Å². The van der Waals surface area contributed by atoms with Crippen LogP contribution >= 0.6 is 0 Å². The van der Waals surface area contributed by atoms with Gasteiger partial charge in [0.25, 0.3) is 5.91 Å². The zero-order valence-electron chi connectivity index (χ0n) is 18.0. The third-order valence-corrected chi connectivity index (χ3v) is 7.08. The zero-order chi connectivity index (χ0) is 21.0. The highest BCUT2D eigenvalue weighted by molar-refractivity contribution is 6.03.